The van der Waals surface area contributed by atoms with Crippen LogP contribution in [0, 0.1) is 24.1 Å². The summed E-state index contributed by atoms with van der Waals surface area (Å²) in [4.78, 5) is 4.08. The Morgan fingerprint density at radius 1 is 1.39 bits per heavy atom. The van der Waals surface area contributed by atoms with Crippen molar-refractivity contribution >= 4 is 0 Å². The van der Waals surface area contributed by atoms with Crippen LogP contribution in [0.4, 0.5) is 4.39 Å². The minimum Gasteiger partial charge on any atom is -0.487 e. The van der Waals surface area contributed by atoms with Crippen LogP contribution in [0.25, 0.3) is 0 Å². The molecule has 3 nitrogen and oxygen atoms in total. The Hall–Kier alpha value is -2.41. The molecule has 1 heterocycles. The van der Waals surface area contributed by atoms with Gasteiger partial charge in [-0.1, -0.05) is 6.07 Å². The predicted molar refractivity (Wildman–Crippen MR) is 64.4 cm³/mol. The van der Waals surface area contributed by atoms with Gasteiger partial charge in [0.05, 0.1) is 17.3 Å². The van der Waals surface area contributed by atoms with E-state index in [1.54, 1.807) is 30.5 Å². The van der Waals surface area contributed by atoms with Crippen LogP contribution in [-0.2, 0) is 6.61 Å². The van der Waals surface area contributed by atoms with Gasteiger partial charge in [-0.25, -0.2) is 4.39 Å². The first-order valence-corrected chi connectivity index (χ1v) is 5.43. The Morgan fingerprint density at radius 3 is 2.89 bits per heavy atom. The van der Waals surface area contributed by atoms with Crippen molar-refractivity contribution in [1.29, 1.82) is 5.26 Å². The van der Waals surface area contributed by atoms with Crippen LogP contribution in [0.3, 0.4) is 0 Å². The molecule has 1 aromatic carbocycles. The second kappa shape index (κ2) is 5.28. The summed E-state index contributed by atoms with van der Waals surface area (Å²) in [5.41, 5.74) is 1.47. The van der Waals surface area contributed by atoms with E-state index in [2.05, 4.69) is 4.98 Å². The van der Waals surface area contributed by atoms with Crippen LogP contribution in [0.1, 0.15) is 16.8 Å². The van der Waals surface area contributed by atoms with Crippen LogP contribution in [0.5, 0.6) is 5.75 Å². The molecule has 0 atom stereocenters. The Labute approximate surface area is 104 Å². The molecular formula is C14H11FN2O. The maximum atomic E-state index is 13.6. The zero-order chi connectivity index (χ0) is 13.0. The maximum Gasteiger partial charge on any atom is 0.141 e. The molecule has 2 rings (SSSR count). The molecule has 0 bridgehead atoms. The van der Waals surface area contributed by atoms with Gasteiger partial charge in [0.1, 0.15) is 18.2 Å². The summed E-state index contributed by atoms with van der Waals surface area (Å²) >= 11 is 0. The third kappa shape index (κ3) is 2.64. The fraction of sp³-hybridized carbons (Fsp3) is 0.143. The predicted octanol–water partition coefficient (Wildman–Crippen LogP) is 2.98. The van der Waals surface area contributed by atoms with Gasteiger partial charge in [-0.15, -0.1) is 0 Å². The van der Waals surface area contributed by atoms with Crippen LogP contribution >= 0.6 is 0 Å². The van der Waals surface area contributed by atoms with Gasteiger partial charge in [0.25, 0.3) is 0 Å². The highest BCUT2D eigenvalue weighted by molar-refractivity contribution is 5.33. The van der Waals surface area contributed by atoms with Gasteiger partial charge in [0, 0.05) is 11.8 Å². The molecule has 0 N–H and O–H groups in total. The lowest BCUT2D eigenvalue weighted by atomic mass is 10.1. The van der Waals surface area contributed by atoms with Crippen molar-refractivity contribution < 1.29 is 9.13 Å². The fourth-order valence-electron chi connectivity index (χ4n) is 1.51. The van der Waals surface area contributed by atoms with Crippen LogP contribution < -0.4 is 4.74 Å². The maximum absolute atomic E-state index is 13.6. The van der Waals surface area contributed by atoms with Gasteiger partial charge in [0.15, 0.2) is 0 Å². The topological polar surface area (TPSA) is 45.9 Å². The quantitative estimate of drug-likeness (QED) is 0.831. The first-order valence-electron chi connectivity index (χ1n) is 5.43. The summed E-state index contributed by atoms with van der Waals surface area (Å²) in [5.74, 6) is 0.192. The number of hydrogen-bond donors (Lipinski definition) is 0. The molecule has 0 unspecified atom stereocenters. The van der Waals surface area contributed by atoms with E-state index in [1.165, 1.54) is 6.07 Å². The van der Waals surface area contributed by atoms with Crippen LogP contribution in [0.2, 0.25) is 0 Å². The second-order valence-electron chi connectivity index (χ2n) is 3.79. The van der Waals surface area contributed by atoms with E-state index >= 15 is 0 Å². The molecule has 0 spiro atoms. The molecule has 0 saturated heterocycles. The van der Waals surface area contributed by atoms with E-state index < -0.39 is 5.82 Å². The molecule has 90 valence electrons. The third-order valence-electron chi connectivity index (χ3n) is 2.52. The summed E-state index contributed by atoms with van der Waals surface area (Å²) in [6, 6.07) is 9.76. The molecule has 0 aliphatic heterocycles. The van der Waals surface area contributed by atoms with E-state index in [1.807, 2.05) is 13.0 Å². The molecule has 0 saturated carbocycles. The zero-order valence-corrected chi connectivity index (χ0v) is 9.85. The normalized spacial score (nSPS) is 9.83. The lowest BCUT2D eigenvalue weighted by Crippen LogP contribution is -2.00. The standard InChI is InChI=1S/C14H11FN2O/c1-10-14(3-2-6-17-10)18-9-12-5-4-11(8-16)7-13(12)15/h2-7H,9H2,1H3. The minimum absolute atomic E-state index is 0.115. The molecule has 18 heavy (non-hydrogen) atoms. The molecule has 0 aliphatic rings. The van der Waals surface area contributed by atoms with Crippen molar-refractivity contribution in [3.63, 3.8) is 0 Å². The highest BCUT2D eigenvalue weighted by Crippen LogP contribution is 2.17. The van der Waals surface area contributed by atoms with E-state index in [4.69, 9.17) is 10.00 Å². The number of nitrogens with zero attached hydrogens (tertiary/aromatic N) is 2. The number of aromatic nitrogens is 1. The largest absolute Gasteiger partial charge is 0.487 e. The molecule has 0 amide bonds. The monoisotopic (exact) mass is 242 g/mol. The number of ether oxygens (including phenoxy) is 1. The first-order chi connectivity index (χ1) is 8.70. The van der Waals surface area contributed by atoms with E-state index in [9.17, 15) is 4.39 Å². The Kier molecular flexibility index (Phi) is 3.54. The summed E-state index contributed by atoms with van der Waals surface area (Å²) in [5, 5.41) is 8.64. The number of aryl methyl sites for hydroxylation is 1. The summed E-state index contributed by atoms with van der Waals surface area (Å²) in [7, 11) is 0. The van der Waals surface area contributed by atoms with E-state index in [-0.39, 0.29) is 6.61 Å². The second-order valence-corrected chi connectivity index (χ2v) is 3.79. The fourth-order valence-corrected chi connectivity index (χ4v) is 1.51. The number of halogens is 1. The van der Waals surface area contributed by atoms with Crippen LogP contribution in [0.15, 0.2) is 36.5 Å². The molecule has 1 aromatic heterocycles. The lowest BCUT2D eigenvalue weighted by Gasteiger charge is -2.08. The SMILES string of the molecule is Cc1ncccc1OCc1ccc(C#N)cc1F. The number of pyridine rings is 1. The van der Waals surface area contributed by atoms with E-state index in [0.29, 0.717) is 16.9 Å². The number of benzene rings is 1. The molecular weight excluding hydrogens is 231 g/mol. The van der Waals surface area contributed by atoms with Crippen molar-refractivity contribution in [1.82, 2.24) is 4.98 Å². The average Bonchev–Trinajstić information content (AvgIpc) is 2.39. The van der Waals surface area contributed by atoms with Gasteiger partial charge in [0.2, 0.25) is 0 Å². The van der Waals surface area contributed by atoms with Crippen molar-refractivity contribution in [3.05, 3.63) is 59.2 Å². The van der Waals surface area contributed by atoms with Crippen molar-refractivity contribution in [2.45, 2.75) is 13.5 Å². The Morgan fingerprint density at radius 2 is 2.22 bits per heavy atom. The average molecular weight is 242 g/mol. The molecule has 2 aromatic rings. The highest BCUT2D eigenvalue weighted by Gasteiger charge is 2.05. The third-order valence-corrected chi connectivity index (χ3v) is 2.52. The summed E-state index contributed by atoms with van der Waals surface area (Å²) in [6.07, 6.45) is 1.67. The lowest BCUT2D eigenvalue weighted by molar-refractivity contribution is 0.296. The van der Waals surface area contributed by atoms with Gasteiger partial charge in [-0.05, 0) is 31.2 Å². The van der Waals surface area contributed by atoms with Gasteiger partial charge >= 0.3 is 0 Å². The molecule has 0 aliphatic carbocycles. The minimum atomic E-state index is -0.435. The zero-order valence-electron chi connectivity index (χ0n) is 9.85. The first kappa shape index (κ1) is 12.1. The Bertz CT molecular complexity index is 605. The van der Waals surface area contributed by atoms with Crippen LogP contribution in [-0.4, -0.2) is 4.98 Å². The number of nitriles is 1. The number of rotatable bonds is 3. The number of hydrogen-bond acceptors (Lipinski definition) is 3. The molecule has 0 radical (unpaired) electrons. The van der Waals surface area contributed by atoms with E-state index in [0.717, 1.165) is 5.69 Å². The van der Waals surface area contributed by atoms with Gasteiger partial charge in [-0.2, -0.15) is 5.26 Å². The van der Waals surface area contributed by atoms with Crippen molar-refractivity contribution in [2.24, 2.45) is 0 Å². The summed E-state index contributed by atoms with van der Waals surface area (Å²) in [6.45, 7) is 1.94. The molecule has 4 heteroatoms. The van der Waals surface area contributed by atoms with Gasteiger partial charge in [-0.3, -0.25) is 4.98 Å². The van der Waals surface area contributed by atoms with Crippen molar-refractivity contribution in [3.8, 4) is 11.8 Å². The van der Waals surface area contributed by atoms with Gasteiger partial charge < -0.3 is 4.74 Å². The highest BCUT2D eigenvalue weighted by atomic mass is 19.1. The smallest absolute Gasteiger partial charge is 0.141 e. The Balaban J connectivity index is 2.12. The molecule has 0 fully saturated rings. The van der Waals surface area contributed by atoms with Crippen molar-refractivity contribution in [2.75, 3.05) is 0 Å². The summed E-state index contributed by atoms with van der Waals surface area (Å²) < 4.78 is 19.1.